The van der Waals surface area contributed by atoms with E-state index in [9.17, 15) is 0 Å². The average molecular weight is 421 g/mol. The van der Waals surface area contributed by atoms with Crippen molar-refractivity contribution >= 4 is 45.8 Å². The summed E-state index contributed by atoms with van der Waals surface area (Å²) in [6.45, 7) is 0.732. The highest BCUT2D eigenvalue weighted by atomic mass is 127. The Hall–Kier alpha value is -0.290. The molecule has 1 atom stereocenters. The number of alkyl halides is 1. The van der Waals surface area contributed by atoms with E-state index in [4.69, 9.17) is 27.9 Å². The van der Waals surface area contributed by atoms with Crippen molar-refractivity contribution in [3.63, 3.8) is 0 Å². The van der Waals surface area contributed by atoms with Gasteiger partial charge in [0.25, 0.3) is 0 Å². The zero-order valence-electron chi connectivity index (χ0n) is 11.1. The fraction of sp³-hybridized carbons (Fsp3) is 0.250. The molecule has 106 valence electrons. The molecule has 0 aliphatic heterocycles. The lowest BCUT2D eigenvalue weighted by Crippen LogP contribution is -1.98. The van der Waals surface area contributed by atoms with Gasteiger partial charge < -0.3 is 4.74 Å². The lowest BCUT2D eigenvalue weighted by Gasteiger charge is -2.13. The molecule has 0 saturated heterocycles. The van der Waals surface area contributed by atoms with Gasteiger partial charge in [0.05, 0.1) is 12.0 Å². The van der Waals surface area contributed by atoms with Crippen LogP contribution in [0.3, 0.4) is 0 Å². The molecule has 0 aromatic heterocycles. The number of benzene rings is 2. The molecular formula is C16H15Cl2IO. The molecule has 0 aliphatic carbocycles. The second kappa shape index (κ2) is 7.64. The van der Waals surface area contributed by atoms with Crippen LogP contribution in [0.1, 0.15) is 22.1 Å². The monoisotopic (exact) mass is 420 g/mol. The highest BCUT2D eigenvalue weighted by molar-refractivity contribution is 14.1. The van der Waals surface area contributed by atoms with Gasteiger partial charge in [-0.2, -0.15) is 0 Å². The first kappa shape index (κ1) is 16.1. The zero-order valence-corrected chi connectivity index (χ0v) is 14.7. The van der Waals surface area contributed by atoms with Crippen molar-refractivity contribution in [3.05, 3.63) is 67.7 Å². The van der Waals surface area contributed by atoms with Gasteiger partial charge in [0.2, 0.25) is 0 Å². The fourth-order valence-corrected chi connectivity index (χ4v) is 3.30. The molecule has 1 nitrogen and oxygen atoms in total. The summed E-state index contributed by atoms with van der Waals surface area (Å²) in [5, 5.41) is 0.528. The molecule has 0 heterocycles. The maximum Gasteiger partial charge on any atom is 0.0846 e. The van der Waals surface area contributed by atoms with Crippen LogP contribution in [0.2, 0.25) is 5.02 Å². The number of halogens is 3. The van der Waals surface area contributed by atoms with Crippen molar-refractivity contribution < 1.29 is 4.74 Å². The van der Waals surface area contributed by atoms with Gasteiger partial charge in [-0.15, -0.1) is 11.6 Å². The molecule has 0 bridgehead atoms. The lowest BCUT2D eigenvalue weighted by atomic mass is 10.0. The highest BCUT2D eigenvalue weighted by Crippen LogP contribution is 2.33. The Labute approximate surface area is 143 Å². The number of ether oxygens (including phenoxy) is 1. The van der Waals surface area contributed by atoms with Crippen LogP contribution in [0, 0.1) is 3.57 Å². The molecular weight excluding hydrogens is 406 g/mol. The summed E-state index contributed by atoms with van der Waals surface area (Å²) >= 11 is 14.9. The Kier molecular flexibility index (Phi) is 6.15. The molecule has 0 saturated carbocycles. The summed E-state index contributed by atoms with van der Waals surface area (Å²) in [4.78, 5) is 0. The minimum Gasteiger partial charge on any atom is -0.384 e. The maximum absolute atomic E-state index is 6.58. The summed E-state index contributed by atoms with van der Waals surface area (Å²) in [5.74, 6) is 0. The topological polar surface area (TPSA) is 9.23 Å². The summed E-state index contributed by atoms with van der Waals surface area (Å²) in [6.07, 6.45) is 0.915. The van der Waals surface area contributed by atoms with Gasteiger partial charge in [-0.1, -0.05) is 35.9 Å². The lowest BCUT2D eigenvalue weighted by molar-refractivity contribution is 0.202. The van der Waals surface area contributed by atoms with Gasteiger partial charge in [-0.05, 0) is 63.9 Å². The second-order valence-corrected chi connectivity index (χ2v) is 6.55. The molecule has 4 heteroatoms. The number of methoxy groups -OCH3 is 1. The predicted octanol–water partition coefficient (Wildman–Crippen LogP) is 5.46. The quantitative estimate of drug-likeness (QED) is 0.460. The molecule has 0 fully saturated rings. The van der Waals surface area contributed by atoms with Gasteiger partial charge >= 0.3 is 0 Å². The summed E-state index contributed by atoms with van der Waals surface area (Å²) in [5.41, 5.74) is 3.37. The van der Waals surface area contributed by atoms with Gasteiger partial charge in [-0.25, -0.2) is 0 Å². The van der Waals surface area contributed by atoms with E-state index in [0.29, 0.717) is 5.02 Å². The smallest absolute Gasteiger partial charge is 0.0846 e. The van der Waals surface area contributed by atoms with Crippen molar-refractivity contribution in [1.29, 1.82) is 0 Å². The summed E-state index contributed by atoms with van der Waals surface area (Å²) in [6, 6.07) is 14.1. The molecule has 2 rings (SSSR count). The van der Waals surface area contributed by atoms with E-state index >= 15 is 0 Å². The van der Waals surface area contributed by atoms with E-state index in [0.717, 1.165) is 27.7 Å². The Bertz CT molecular complexity index is 569. The van der Waals surface area contributed by atoms with E-state index in [1.54, 1.807) is 7.11 Å². The first-order chi connectivity index (χ1) is 9.61. The second-order valence-electron chi connectivity index (χ2n) is 4.51. The van der Waals surface area contributed by atoms with E-state index in [1.165, 1.54) is 5.56 Å². The van der Waals surface area contributed by atoms with E-state index < -0.39 is 0 Å². The fourth-order valence-electron chi connectivity index (χ4n) is 1.96. The Morgan fingerprint density at radius 3 is 2.50 bits per heavy atom. The minimum atomic E-state index is -0.183. The summed E-state index contributed by atoms with van der Waals surface area (Å²) < 4.78 is 6.20. The third-order valence-electron chi connectivity index (χ3n) is 3.10. The van der Waals surface area contributed by atoms with Crippen LogP contribution in [0.15, 0.2) is 42.5 Å². The van der Waals surface area contributed by atoms with Crippen LogP contribution in [0.5, 0.6) is 0 Å². The van der Waals surface area contributed by atoms with Crippen molar-refractivity contribution in [3.8, 4) is 0 Å². The van der Waals surface area contributed by atoms with Gasteiger partial charge in [0.15, 0.2) is 0 Å². The average Bonchev–Trinajstić information content (AvgIpc) is 2.47. The first-order valence-corrected chi connectivity index (χ1v) is 8.18. The van der Waals surface area contributed by atoms with Gasteiger partial charge in [0, 0.05) is 15.7 Å². The molecule has 0 N–H and O–H groups in total. The maximum atomic E-state index is 6.58. The number of hydrogen-bond donors (Lipinski definition) is 0. The number of hydrogen-bond acceptors (Lipinski definition) is 1. The number of rotatable bonds is 5. The molecule has 0 radical (unpaired) electrons. The Morgan fingerprint density at radius 2 is 1.85 bits per heavy atom. The minimum absolute atomic E-state index is 0.183. The van der Waals surface area contributed by atoms with E-state index in [1.807, 2.05) is 18.2 Å². The van der Waals surface area contributed by atoms with Crippen LogP contribution in [0.4, 0.5) is 0 Å². The molecule has 20 heavy (non-hydrogen) atoms. The van der Waals surface area contributed by atoms with E-state index in [-0.39, 0.29) is 5.38 Å². The predicted molar refractivity (Wildman–Crippen MR) is 93.9 cm³/mol. The Balaban J connectivity index is 2.20. The third-order valence-corrected chi connectivity index (χ3v) is 4.80. The standard InChI is InChI=1S/C16H15Cl2IO/c1-20-9-8-11-2-4-12(5-3-11)16(18)14-10-13(17)6-7-15(14)19/h2-7,10,16H,8-9H2,1H3. The van der Waals surface area contributed by atoms with Crippen LogP contribution in [0.25, 0.3) is 0 Å². The molecule has 0 aliphatic rings. The van der Waals surface area contributed by atoms with Crippen molar-refractivity contribution in [2.45, 2.75) is 11.8 Å². The molecule has 2 aromatic carbocycles. The SMILES string of the molecule is COCCc1ccc(C(Cl)c2cc(Cl)ccc2I)cc1. The normalized spacial score (nSPS) is 12.4. The third kappa shape index (κ3) is 4.10. The van der Waals surface area contributed by atoms with Crippen LogP contribution >= 0.6 is 45.8 Å². The van der Waals surface area contributed by atoms with Crippen molar-refractivity contribution in [1.82, 2.24) is 0 Å². The van der Waals surface area contributed by atoms with Crippen LogP contribution in [-0.2, 0) is 11.2 Å². The van der Waals surface area contributed by atoms with Crippen molar-refractivity contribution in [2.75, 3.05) is 13.7 Å². The van der Waals surface area contributed by atoms with Crippen molar-refractivity contribution in [2.24, 2.45) is 0 Å². The highest BCUT2D eigenvalue weighted by Gasteiger charge is 2.14. The zero-order chi connectivity index (χ0) is 14.5. The van der Waals surface area contributed by atoms with Crippen LogP contribution < -0.4 is 0 Å². The van der Waals surface area contributed by atoms with Gasteiger partial charge in [-0.3, -0.25) is 0 Å². The molecule has 0 spiro atoms. The summed E-state index contributed by atoms with van der Waals surface area (Å²) in [7, 11) is 1.71. The molecule has 0 amide bonds. The molecule has 1 unspecified atom stereocenters. The largest absolute Gasteiger partial charge is 0.384 e. The van der Waals surface area contributed by atoms with Crippen LogP contribution in [-0.4, -0.2) is 13.7 Å². The van der Waals surface area contributed by atoms with E-state index in [2.05, 4.69) is 46.9 Å². The Morgan fingerprint density at radius 1 is 1.15 bits per heavy atom. The first-order valence-electron chi connectivity index (χ1n) is 6.28. The van der Waals surface area contributed by atoms with Gasteiger partial charge in [0.1, 0.15) is 0 Å². The molecule has 2 aromatic rings.